The van der Waals surface area contributed by atoms with Crippen LogP contribution in [-0.2, 0) is 10.0 Å². The van der Waals surface area contributed by atoms with Crippen molar-refractivity contribution >= 4 is 15.7 Å². The van der Waals surface area contributed by atoms with E-state index in [4.69, 9.17) is 5.73 Å². The van der Waals surface area contributed by atoms with Gasteiger partial charge < -0.3 is 5.73 Å². The van der Waals surface area contributed by atoms with Gasteiger partial charge in [-0.2, -0.15) is 4.31 Å². The summed E-state index contributed by atoms with van der Waals surface area (Å²) in [7, 11) is -3.61. The lowest BCUT2D eigenvalue weighted by molar-refractivity contribution is -0.384. The molecule has 0 bridgehead atoms. The summed E-state index contributed by atoms with van der Waals surface area (Å²) in [4.78, 5) is 10.2. The van der Waals surface area contributed by atoms with Crippen LogP contribution in [0.1, 0.15) is 25.7 Å². The molecule has 2 N–H and O–H groups in total. The van der Waals surface area contributed by atoms with Crippen LogP contribution >= 0.6 is 0 Å². The van der Waals surface area contributed by atoms with Gasteiger partial charge in [-0.15, -0.1) is 0 Å². The van der Waals surface area contributed by atoms with E-state index in [0.717, 1.165) is 25.7 Å². The standard InChI is InChI=1S/C14H19N3O4S/c15-13-2-1-7-14(13)8-9-16(10-14)22(20,21)12-5-3-11(4-6-12)17(18)19/h3-6,13H,1-2,7-10,15H2/t13-,14-/m1/s1. The third-order valence-corrected chi connectivity index (χ3v) is 6.87. The van der Waals surface area contributed by atoms with Crippen molar-refractivity contribution in [2.45, 2.75) is 36.6 Å². The van der Waals surface area contributed by atoms with Crippen molar-refractivity contribution in [3.63, 3.8) is 0 Å². The van der Waals surface area contributed by atoms with Crippen LogP contribution in [0.25, 0.3) is 0 Å². The number of nitrogens with two attached hydrogens (primary N) is 1. The SMILES string of the molecule is N[C@@H]1CCC[C@]12CCN(S(=O)(=O)c1ccc([N+](=O)[O-])cc1)C2. The zero-order valence-electron chi connectivity index (χ0n) is 12.1. The molecule has 1 saturated carbocycles. The normalized spacial score (nSPS) is 29.2. The van der Waals surface area contributed by atoms with Crippen LogP contribution in [-0.4, -0.2) is 36.8 Å². The topological polar surface area (TPSA) is 107 Å². The van der Waals surface area contributed by atoms with Crippen molar-refractivity contribution in [1.29, 1.82) is 0 Å². The fourth-order valence-corrected chi connectivity index (χ4v) is 5.16. The maximum Gasteiger partial charge on any atom is 0.269 e. The van der Waals surface area contributed by atoms with Gasteiger partial charge in [-0.1, -0.05) is 6.42 Å². The van der Waals surface area contributed by atoms with Gasteiger partial charge in [-0.25, -0.2) is 8.42 Å². The molecule has 1 spiro atoms. The minimum atomic E-state index is -3.61. The van der Waals surface area contributed by atoms with Gasteiger partial charge in [-0.05, 0) is 31.4 Å². The molecule has 1 aromatic rings. The van der Waals surface area contributed by atoms with E-state index in [2.05, 4.69) is 0 Å². The van der Waals surface area contributed by atoms with E-state index < -0.39 is 14.9 Å². The lowest BCUT2D eigenvalue weighted by Gasteiger charge is -2.28. The zero-order chi connectivity index (χ0) is 16.0. The first-order chi connectivity index (χ1) is 10.3. The molecule has 2 atom stereocenters. The van der Waals surface area contributed by atoms with Crippen molar-refractivity contribution in [3.05, 3.63) is 34.4 Å². The number of nitrogens with zero attached hydrogens (tertiary/aromatic N) is 2. The molecule has 8 heteroatoms. The molecular formula is C14H19N3O4S. The Labute approximate surface area is 129 Å². The van der Waals surface area contributed by atoms with Crippen LogP contribution < -0.4 is 5.73 Å². The molecule has 1 aromatic carbocycles. The molecule has 0 radical (unpaired) electrons. The summed E-state index contributed by atoms with van der Waals surface area (Å²) in [6.45, 7) is 0.917. The van der Waals surface area contributed by atoms with Crippen LogP contribution in [0.3, 0.4) is 0 Å². The molecular weight excluding hydrogens is 306 g/mol. The molecule has 0 aromatic heterocycles. The third kappa shape index (κ3) is 2.41. The molecule has 1 heterocycles. The maximum absolute atomic E-state index is 12.7. The molecule has 0 amide bonds. The van der Waals surface area contributed by atoms with Crippen molar-refractivity contribution in [1.82, 2.24) is 4.31 Å². The number of nitro benzene ring substituents is 1. The van der Waals surface area contributed by atoms with Gasteiger partial charge in [-0.3, -0.25) is 10.1 Å². The van der Waals surface area contributed by atoms with E-state index in [-0.39, 0.29) is 22.0 Å². The molecule has 120 valence electrons. The minimum absolute atomic E-state index is 0.0598. The average Bonchev–Trinajstić information content (AvgIpc) is 3.08. The van der Waals surface area contributed by atoms with Crippen molar-refractivity contribution in [3.8, 4) is 0 Å². The van der Waals surface area contributed by atoms with Crippen molar-refractivity contribution in [2.75, 3.05) is 13.1 Å². The zero-order valence-corrected chi connectivity index (χ0v) is 13.0. The molecule has 22 heavy (non-hydrogen) atoms. The third-order valence-electron chi connectivity index (χ3n) is 5.01. The van der Waals surface area contributed by atoms with Gasteiger partial charge in [0.05, 0.1) is 9.82 Å². The second kappa shape index (κ2) is 5.29. The van der Waals surface area contributed by atoms with E-state index >= 15 is 0 Å². The molecule has 2 aliphatic rings. The summed E-state index contributed by atoms with van der Waals surface area (Å²) < 4.78 is 26.8. The molecule has 0 unspecified atom stereocenters. The highest BCUT2D eigenvalue weighted by atomic mass is 32.2. The van der Waals surface area contributed by atoms with Gasteiger partial charge in [0.15, 0.2) is 0 Å². The second-order valence-electron chi connectivity index (χ2n) is 6.20. The van der Waals surface area contributed by atoms with E-state index in [9.17, 15) is 18.5 Å². The summed E-state index contributed by atoms with van der Waals surface area (Å²) in [5.74, 6) is 0. The van der Waals surface area contributed by atoms with E-state index in [1.54, 1.807) is 0 Å². The lowest BCUT2D eigenvalue weighted by Crippen LogP contribution is -2.40. The number of rotatable bonds is 3. The number of non-ortho nitro benzene ring substituents is 1. The molecule has 1 aliphatic carbocycles. The van der Waals surface area contributed by atoms with Gasteiger partial charge in [0.25, 0.3) is 5.69 Å². The van der Waals surface area contributed by atoms with Crippen LogP contribution in [0.15, 0.2) is 29.2 Å². The van der Waals surface area contributed by atoms with Gasteiger partial charge in [0.1, 0.15) is 0 Å². The summed E-state index contributed by atoms with van der Waals surface area (Å²) in [6, 6.07) is 5.10. The Morgan fingerprint density at radius 3 is 2.50 bits per heavy atom. The number of hydrogen-bond acceptors (Lipinski definition) is 5. The molecule has 1 saturated heterocycles. The first-order valence-corrected chi connectivity index (χ1v) is 8.79. The highest BCUT2D eigenvalue weighted by molar-refractivity contribution is 7.89. The predicted molar refractivity (Wildman–Crippen MR) is 80.7 cm³/mol. The minimum Gasteiger partial charge on any atom is -0.327 e. The summed E-state index contributed by atoms with van der Waals surface area (Å²) >= 11 is 0. The highest BCUT2D eigenvalue weighted by Crippen LogP contribution is 2.45. The Bertz CT molecular complexity index is 689. The summed E-state index contributed by atoms with van der Waals surface area (Å²) in [5, 5.41) is 10.7. The Kier molecular flexibility index (Phi) is 3.70. The summed E-state index contributed by atoms with van der Waals surface area (Å²) in [6.07, 6.45) is 3.76. The Balaban J connectivity index is 1.83. The average molecular weight is 325 g/mol. The van der Waals surface area contributed by atoms with Crippen molar-refractivity contribution in [2.24, 2.45) is 11.1 Å². The fourth-order valence-electron chi connectivity index (χ4n) is 3.62. The van der Waals surface area contributed by atoms with Crippen molar-refractivity contribution < 1.29 is 13.3 Å². The van der Waals surface area contributed by atoms with E-state index in [1.807, 2.05) is 0 Å². The van der Waals surface area contributed by atoms with Gasteiger partial charge in [0, 0.05) is 36.7 Å². The van der Waals surface area contributed by atoms with Crippen LogP contribution in [0.4, 0.5) is 5.69 Å². The largest absolute Gasteiger partial charge is 0.327 e. The van der Waals surface area contributed by atoms with Crippen LogP contribution in [0, 0.1) is 15.5 Å². The molecule has 1 aliphatic heterocycles. The molecule has 2 fully saturated rings. The highest BCUT2D eigenvalue weighted by Gasteiger charge is 2.48. The Hall–Kier alpha value is -1.51. The quantitative estimate of drug-likeness (QED) is 0.669. The van der Waals surface area contributed by atoms with E-state index in [0.29, 0.717) is 13.1 Å². The molecule has 7 nitrogen and oxygen atoms in total. The number of nitro groups is 1. The second-order valence-corrected chi connectivity index (χ2v) is 8.14. The number of benzene rings is 1. The molecule has 3 rings (SSSR count). The Morgan fingerprint density at radius 1 is 1.27 bits per heavy atom. The van der Waals surface area contributed by atoms with Crippen LogP contribution in [0.5, 0.6) is 0 Å². The first-order valence-electron chi connectivity index (χ1n) is 7.35. The predicted octanol–water partition coefficient (Wildman–Crippen LogP) is 1.49. The maximum atomic E-state index is 12.7. The fraction of sp³-hybridized carbons (Fsp3) is 0.571. The smallest absolute Gasteiger partial charge is 0.269 e. The van der Waals surface area contributed by atoms with Gasteiger partial charge in [0.2, 0.25) is 10.0 Å². The lowest BCUT2D eigenvalue weighted by atomic mass is 9.82. The Morgan fingerprint density at radius 2 is 1.95 bits per heavy atom. The summed E-state index contributed by atoms with van der Waals surface area (Å²) in [5.41, 5.74) is 5.97. The monoisotopic (exact) mass is 325 g/mol. The van der Waals surface area contributed by atoms with Crippen LogP contribution in [0.2, 0.25) is 0 Å². The number of hydrogen-bond donors (Lipinski definition) is 1. The number of sulfonamides is 1. The van der Waals surface area contributed by atoms with Gasteiger partial charge >= 0.3 is 0 Å². The van der Waals surface area contributed by atoms with E-state index in [1.165, 1.54) is 28.6 Å². The first kappa shape index (κ1) is 15.4.